The van der Waals surface area contributed by atoms with Gasteiger partial charge in [-0.3, -0.25) is 14.6 Å². The number of nitrogens with one attached hydrogen (secondary N) is 1. The molecule has 40 heavy (non-hydrogen) atoms. The zero-order chi connectivity index (χ0) is 27.5. The van der Waals surface area contributed by atoms with Gasteiger partial charge in [0.25, 0.3) is 5.91 Å². The van der Waals surface area contributed by atoms with Crippen LogP contribution in [0.2, 0.25) is 0 Å². The van der Waals surface area contributed by atoms with E-state index < -0.39 is 0 Å². The van der Waals surface area contributed by atoms with Crippen molar-refractivity contribution in [3.05, 3.63) is 120 Å². The number of hydrogen-bond donors (Lipinski definition) is 1. The number of unbranched alkanes of at least 4 members (excludes halogenated alkanes) is 1. The molecule has 4 aromatic carbocycles. The maximum Gasteiger partial charge on any atom is 0.251 e. The van der Waals surface area contributed by atoms with Crippen LogP contribution in [0.1, 0.15) is 53.6 Å². The number of hydrazine groups is 1. The fourth-order valence-electron chi connectivity index (χ4n) is 5.98. The van der Waals surface area contributed by atoms with Gasteiger partial charge in [0.05, 0.1) is 5.92 Å². The molecule has 0 spiro atoms. The molecule has 1 N–H and O–H groups in total. The molecule has 1 unspecified atom stereocenters. The van der Waals surface area contributed by atoms with Gasteiger partial charge < -0.3 is 5.32 Å². The van der Waals surface area contributed by atoms with Gasteiger partial charge in [-0.2, -0.15) is 0 Å². The van der Waals surface area contributed by atoms with Crippen LogP contribution < -0.4 is 5.32 Å². The van der Waals surface area contributed by atoms with Crippen LogP contribution in [-0.2, 0) is 4.79 Å². The highest BCUT2D eigenvalue weighted by Crippen LogP contribution is 2.45. The molecule has 5 nitrogen and oxygen atoms in total. The molecule has 1 heterocycles. The third-order valence-electron chi connectivity index (χ3n) is 8.21. The summed E-state index contributed by atoms with van der Waals surface area (Å²) in [5.74, 6) is -0.270. The first-order chi connectivity index (χ1) is 19.7. The van der Waals surface area contributed by atoms with Crippen molar-refractivity contribution in [2.75, 3.05) is 19.6 Å². The topological polar surface area (TPSA) is 52.7 Å². The summed E-state index contributed by atoms with van der Waals surface area (Å²) in [6.07, 6.45) is 2.89. The van der Waals surface area contributed by atoms with Gasteiger partial charge in [0.15, 0.2) is 0 Å². The molecule has 0 radical (unpaired) electrons. The number of carbonyl (C=O) groups is 2. The molecule has 2 aliphatic rings. The molecule has 2 amide bonds. The second-order valence-electron chi connectivity index (χ2n) is 10.7. The summed E-state index contributed by atoms with van der Waals surface area (Å²) in [4.78, 5) is 27.4. The van der Waals surface area contributed by atoms with Gasteiger partial charge in [0.2, 0.25) is 5.91 Å². The van der Waals surface area contributed by atoms with Crippen molar-refractivity contribution in [1.29, 1.82) is 0 Å². The Morgan fingerprint density at radius 1 is 0.825 bits per heavy atom. The van der Waals surface area contributed by atoms with E-state index in [-0.39, 0.29) is 23.8 Å². The lowest BCUT2D eigenvalue weighted by atomic mass is 9.95. The number of fused-ring (bicyclic) bond motifs is 3. The smallest absolute Gasteiger partial charge is 0.251 e. The van der Waals surface area contributed by atoms with Gasteiger partial charge in [-0.1, -0.05) is 104 Å². The van der Waals surface area contributed by atoms with Crippen molar-refractivity contribution in [2.24, 2.45) is 0 Å². The van der Waals surface area contributed by atoms with E-state index in [2.05, 4.69) is 41.5 Å². The van der Waals surface area contributed by atoms with E-state index in [0.29, 0.717) is 18.7 Å². The average molecular weight is 530 g/mol. The van der Waals surface area contributed by atoms with Gasteiger partial charge in [0.1, 0.15) is 0 Å². The largest absolute Gasteiger partial charge is 0.350 e. The summed E-state index contributed by atoms with van der Waals surface area (Å²) in [6, 6.07) is 34.5. The molecule has 1 saturated heterocycles. The number of amides is 2. The molecule has 5 heteroatoms. The van der Waals surface area contributed by atoms with Crippen molar-refractivity contribution in [3.8, 4) is 22.3 Å². The van der Waals surface area contributed by atoms with E-state index in [1.165, 1.54) is 0 Å². The molecular weight excluding hydrogens is 494 g/mol. The van der Waals surface area contributed by atoms with Gasteiger partial charge in [0, 0.05) is 31.2 Å². The molecule has 6 rings (SSSR count). The monoisotopic (exact) mass is 529 g/mol. The molecule has 0 aromatic heterocycles. The van der Waals surface area contributed by atoms with Gasteiger partial charge >= 0.3 is 0 Å². The number of hydrogen-bond acceptors (Lipinski definition) is 3. The number of benzene rings is 4. The summed E-state index contributed by atoms with van der Waals surface area (Å²) >= 11 is 0. The SMILES string of the molecule is CCCCN(C(=O)C1c2ccccc2-c2ccccc21)N1CCC1CNC(=O)c1cccc(-c2ccccc2)c1. The second-order valence-corrected chi connectivity index (χ2v) is 10.7. The lowest BCUT2D eigenvalue weighted by Crippen LogP contribution is -2.63. The van der Waals surface area contributed by atoms with Crippen molar-refractivity contribution in [2.45, 2.75) is 38.1 Å². The Bertz CT molecular complexity index is 1470. The normalized spacial score (nSPS) is 16.1. The number of nitrogens with zero attached hydrogens (tertiary/aromatic N) is 2. The predicted molar refractivity (Wildman–Crippen MR) is 160 cm³/mol. The second kappa shape index (κ2) is 11.5. The average Bonchev–Trinajstić information content (AvgIpc) is 3.33. The van der Waals surface area contributed by atoms with Crippen LogP contribution in [0.15, 0.2) is 103 Å². The molecular formula is C35H35N3O2. The molecule has 1 fully saturated rings. The van der Waals surface area contributed by atoms with Crippen LogP contribution in [0.5, 0.6) is 0 Å². The van der Waals surface area contributed by atoms with E-state index >= 15 is 0 Å². The Morgan fingerprint density at radius 2 is 1.48 bits per heavy atom. The Balaban J connectivity index is 1.18. The maximum atomic E-state index is 14.3. The Morgan fingerprint density at radius 3 is 2.12 bits per heavy atom. The molecule has 4 aromatic rings. The van der Waals surface area contributed by atoms with Crippen LogP contribution in [0.3, 0.4) is 0 Å². The van der Waals surface area contributed by atoms with Crippen LogP contribution in [0.4, 0.5) is 0 Å². The lowest BCUT2D eigenvalue weighted by molar-refractivity contribution is -0.167. The standard InChI is InChI=1S/C35H35N3O2/c1-2-3-21-38(35(40)33-31-18-9-7-16-29(31)30-17-8-10-19-32(30)33)37-22-20-28(37)24-36-34(39)27-15-11-14-26(23-27)25-12-5-4-6-13-25/h4-19,23,28,33H,2-3,20-22,24H2,1H3,(H,36,39). The van der Waals surface area contributed by atoms with E-state index in [4.69, 9.17) is 0 Å². The van der Waals surface area contributed by atoms with E-state index in [0.717, 1.165) is 59.2 Å². The van der Waals surface area contributed by atoms with Crippen molar-refractivity contribution in [3.63, 3.8) is 0 Å². The van der Waals surface area contributed by atoms with Gasteiger partial charge in [-0.05, 0) is 58.4 Å². The van der Waals surface area contributed by atoms with Crippen molar-refractivity contribution >= 4 is 11.8 Å². The highest BCUT2D eigenvalue weighted by Gasteiger charge is 2.41. The minimum Gasteiger partial charge on any atom is -0.350 e. The first-order valence-electron chi connectivity index (χ1n) is 14.4. The predicted octanol–water partition coefficient (Wildman–Crippen LogP) is 6.51. The molecule has 0 saturated carbocycles. The zero-order valence-electron chi connectivity index (χ0n) is 22.9. The summed E-state index contributed by atoms with van der Waals surface area (Å²) in [6.45, 7) is 4.15. The van der Waals surface area contributed by atoms with Crippen molar-refractivity contribution in [1.82, 2.24) is 15.3 Å². The molecule has 1 atom stereocenters. The molecule has 0 bridgehead atoms. The highest BCUT2D eigenvalue weighted by molar-refractivity contribution is 5.96. The Kier molecular flexibility index (Phi) is 7.47. The third kappa shape index (κ3) is 4.93. The molecule has 1 aliphatic carbocycles. The van der Waals surface area contributed by atoms with Crippen molar-refractivity contribution < 1.29 is 9.59 Å². The lowest BCUT2D eigenvalue weighted by Gasteiger charge is -2.48. The first-order valence-corrected chi connectivity index (χ1v) is 14.4. The van der Waals surface area contributed by atoms with Crippen LogP contribution >= 0.6 is 0 Å². The fraction of sp³-hybridized carbons (Fsp3) is 0.257. The number of rotatable bonds is 9. The zero-order valence-corrected chi connectivity index (χ0v) is 22.9. The summed E-state index contributed by atoms with van der Waals surface area (Å²) in [5.41, 5.74) is 7.21. The third-order valence-corrected chi connectivity index (χ3v) is 8.21. The summed E-state index contributed by atoms with van der Waals surface area (Å²) < 4.78 is 0. The Hall–Kier alpha value is -4.22. The van der Waals surface area contributed by atoms with E-state index in [1.807, 2.05) is 83.9 Å². The molecule has 1 aliphatic heterocycles. The molecule has 202 valence electrons. The van der Waals surface area contributed by atoms with Gasteiger partial charge in [-0.15, -0.1) is 0 Å². The van der Waals surface area contributed by atoms with E-state index in [1.54, 1.807) is 0 Å². The fourth-order valence-corrected chi connectivity index (χ4v) is 5.98. The first kappa shape index (κ1) is 26.0. The minimum atomic E-state index is -0.305. The van der Waals surface area contributed by atoms with Crippen LogP contribution in [0, 0.1) is 0 Å². The van der Waals surface area contributed by atoms with E-state index in [9.17, 15) is 9.59 Å². The quantitative estimate of drug-likeness (QED) is 0.269. The summed E-state index contributed by atoms with van der Waals surface area (Å²) in [5, 5.41) is 7.30. The maximum absolute atomic E-state index is 14.3. The minimum absolute atomic E-state index is 0.0882. The highest BCUT2D eigenvalue weighted by atomic mass is 16.2. The van der Waals surface area contributed by atoms with Crippen LogP contribution in [-0.4, -0.2) is 47.5 Å². The number of carbonyl (C=O) groups excluding carboxylic acids is 2. The summed E-state index contributed by atoms with van der Waals surface area (Å²) in [7, 11) is 0. The Labute approximate surface area is 236 Å². The van der Waals surface area contributed by atoms with Crippen LogP contribution in [0.25, 0.3) is 22.3 Å². The van der Waals surface area contributed by atoms with Gasteiger partial charge in [-0.25, -0.2) is 5.01 Å².